The summed E-state index contributed by atoms with van der Waals surface area (Å²) in [5.74, 6) is -0.416. The summed E-state index contributed by atoms with van der Waals surface area (Å²) in [6.45, 7) is 0.897. The maximum Gasteiger partial charge on any atom is 0.344 e. The molecule has 0 atom stereocenters. The van der Waals surface area contributed by atoms with Crippen molar-refractivity contribution in [1.82, 2.24) is 4.90 Å². The zero-order valence-corrected chi connectivity index (χ0v) is 14.9. The smallest absolute Gasteiger partial charge is 0.344 e. The Morgan fingerprint density at radius 1 is 0.815 bits per heavy atom. The number of carbonyl (C=O) groups excluding carboxylic acids is 3. The van der Waals surface area contributed by atoms with Crippen molar-refractivity contribution in [3.8, 4) is 5.75 Å². The van der Waals surface area contributed by atoms with Gasteiger partial charge < -0.3 is 14.4 Å². The van der Waals surface area contributed by atoms with Crippen molar-refractivity contribution in [3.63, 3.8) is 0 Å². The van der Waals surface area contributed by atoms with Gasteiger partial charge in [-0.1, -0.05) is 30.3 Å². The quantitative estimate of drug-likeness (QED) is 0.555. The van der Waals surface area contributed by atoms with Gasteiger partial charge in [-0.15, -0.1) is 0 Å². The summed E-state index contributed by atoms with van der Waals surface area (Å²) in [6, 6.07) is 15.5. The Morgan fingerprint density at radius 2 is 1.44 bits per heavy atom. The van der Waals surface area contributed by atoms with Gasteiger partial charge in [-0.05, 0) is 37.1 Å². The van der Waals surface area contributed by atoms with Crippen LogP contribution in [0.4, 0.5) is 0 Å². The van der Waals surface area contributed by atoms with Crippen LogP contribution in [0.3, 0.4) is 0 Å². The Kier molecular flexibility index (Phi) is 6.20. The first-order chi connectivity index (χ1) is 13.1. The van der Waals surface area contributed by atoms with E-state index >= 15 is 0 Å². The average Bonchev–Trinajstić information content (AvgIpc) is 3.26. The highest BCUT2D eigenvalue weighted by molar-refractivity contribution is 6.08. The predicted molar refractivity (Wildman–Crippen MR) is 98.6 cm³/mol. The molecule has 0 aliphatic carbocycles. The lowest BCUT2D eigenvalue weighted by molar-refractivity contribution is -0.153. The maximum absolute atomic E-state index is 12.3. The second kappa shape index (κ2) is 8.98. The number of benzene rings is 2. The molecule has 0 radical (unpaired) electrons. The van der Waals surface area contributed by atoms with E-state index in [9.17, 15) is 14.4 Å². The van der Waals surface area contributed by atoms with Gasteiger partial charge in [-0.3, -0.25) is 9.59 Å². The molecule has 1 aliphatic rings. The van der Waals surface area contributed by atoms with E-state index in [4.69, 9.17) is 9.47 Å². The van der Waals surface area contributed by atoms with E-state index in [2.05, 4.69) is 0 Å². The fraction of sp³-hybridized carbons (Fsp3) is 0.286. The van der Waals surface area contributed by atoms with Gasteiger partial charge in [0.2, 0.25) is 0 Å². The highest BCUT2D eigenvalue weighted by Gasteiger charge is 2.19. The third-order valence-electron chi connectivity index (χ3n) is 4.32. The lowest BCUT2D eigenvalue weighted by Crippen LogP contribution is -2.32. The number of hydrogen-bond acceptors (Lipinski definition) is 5. The van der Waals surface area contributed by atoms with Crippen molar-refractivity contribution in [3.05, 3.63) is 65.7 Å². The largest absolute Gasteiger partial charge is 0.482 e. The molecule has 1 amide bonds. The second-order valence-electron chi connectivity index (χ2n) is 6.26. The first-order valence-corrected chi connectivity index (χ1v) is 8.89. The maximum atomic E-state index is 12.3. The summed E-state index contributed by atoms with van der Waals surface area (Å²) >= 11 is 0. The summed E-state index contributed by atoms with van der Waals surface area (Å²) in [4.78, 5) is 37.6. The SMILES string of the molecule is O=C(COc1ccc(C(=O)c2ccccc2)cc1)OCC(=O)N1CCCC1. The van der Waals surface area contributed by atoms with Crippen LogP contribution in [0.5, 0.6) is 5.75 Å². The van der Waals surface area contributed by atoms with Crippen molar-refractivity contribution in [2.75, 3.05) is 26.3 Å². The fourth-order valence-electron chi connectivity index (χ4n) is 2.84. The molecule has 1 heterocycles. The van der Waals surface area contributed by atoms with Crippen molar-refractivity contribution in [1.29, 1.82) is 0 Å². The van der Waals surface area contributed by atoms with Gasteiger partial charge in [0.15, 0.2) is 19.0 Å². The van der Waals surface area contributed by atoms with Crippen LogP contribution in [0.2, 0.25) is 0 Å². The molecule has 0 bridgehead atoms. The Labute approximate surface area is 157 Å². The first-order valence-electron chi connectivity index (χ1n) is 8.89. The number of ether oxygens (including phenoxy) is 2. The molecule has 1 saturated heterocycles. The van der Waals surface area contributed by atoms with E-state index in [-0.39, 0.29) is 24.9 Å². The number of ketones is 1. The summed E-state index contributed by atoms with van der Waals surface area (Å²) in [5.41, 5.74) is 1.14. The minimum Gasteiger partial charge on any atom is -0.482 e. The Hall–Kier alpha value is -3.15. The monoisotopic (exact) mass is 367 g/mol. The summed E-state index contributed by atoms with van der Waals surface area (Å²) in [6.07, 6.45) is 1.98. The highest BCUT2D eigenvalue weighted by Crippen LogP contribution is 2.15. The van der Waals surface area contributed by atoms with Crippen molar-refractivity contribution in [2.24, 2.45) is 0 Å². The number of amides is 1. The van der Waals surface area contributed by atoms with Crippen LogP contribution in [-0.4, -0.2) is 48.9 Å². The summed E-state index contributed by atoms with van der Waals surface area (Å²) in [7, 11) is 0. The number of likely N-dealkylation sites (tertiary alicyclic amines) is 1. The number of nitrogens with zero attached hydrogens (tertiary/aromatic N) is 1. The minimum atomic E-state index is -0.605. The number of rotatable bonds is 7. The topological polar surface area (TPSA) is 72.9 Å². The van der Waals surface area contributed by atoms with Crippen molar-refractivity contribution >= 4 is 17.7 Å². The summed E-state index contributed by atoms with van der Waals surface area (Å²) in [5, 5.41) is 0. The van der Waals surface area contributed by atoms with Gasteiger partial charge in [-0.25, -0.2) is 4.79 Å². The van der Waals surface area contributed by atoms with E-state index in [0.29, 0.717) is 16.9 Å². The molecule has 0 aromatic heterocycles. The minimum absolute atomic E-state index is 0.0815. The van der Waals surface area contributed by atoms with E-state index in [1.807, 2.05) is 18.2 Å². The van der Waals surface area contributed by atoms with Gasteiger partial charge in [0.1, 0.15) is 5.75 Å². The van der Waals surface area contributed by atoms with E-state index < -0.39 is 5.97 Å². The first kappa shape index (κ1) is 18.6. The van der Waals surface area contributed by atoms with Gasteiger partial charge in [0, 0.05) is 24.2 Å². The normalized spacial score (nSPS) is 13.3. The zero-order chi connectivity index (χ0) is 19.1. The van der Waals surface area contributed by atoms with Crippen LogP contribution >= 0.6 is 0 Å². The zero-order valence-electron chi connectivity index (χ0n) is 14.9. The van der Waals surface area contributed by atoms with Crippen LogP contribution in [0, 0.1) is 0 Å². The third-order valence-corrected chi connectivity index (χ3v) is 4.32. The lowest BCUT2D eigenvalue weighted by Gasteiger charge is -2.15. The van der Waals surface area contributed by atoms with Gasteiger partial charge in [0.25, 0.3) is 5.91 Å². The molecule has 3 rings (SSSR count). The van der Waals surface area contributed by atoms with Gasteiger partial charge >= 0.3 is 5.97 Å². The van der Waals surface area contributed by atoms with E-state index in [1.54, 1.807) is 41.3 Å². The lowest BCUT2D eigenvalue weighted by atomic mass is 10.0. The standard InChI is InChI=1S/C21H21NO5/c23-19(22-12-4-5-13-22)14-27-20(24)15-26-18-10-8-17(9-11-18)21(25)16-6-2-1-3-7-16/h1-3,6-11H,4-5,12-15H2. The molecule has 0 unspecified atom stereocenters. The molecule has 0 spiro atoms. The third kappa shape index (κ3) is 5.17. The van der Waals surface area contributed by atoms with Crippen LogP contribution in [0.1, 0.15) is 28.8 Å². The molecule has 140 valence electrons. The van der Waals surface area contributed by atoms with Crippen molar-refractivity contribution < 1.29 is 23.9 Å². The Bertz CT molecular complexity index is 795. The average molecular weight is 367 g/mol. The van der Waals surface area contributed by atoms with E-state index in [0.717, 1.165) is 25.9 Å². The molecule has 2 aromatic rings. The molecule has 27 heavy (non-hydrogen) atoms. The molecule has 2 aromatic carbocycles. The summed E-state index contributed by atoms with van der Waals surface area (Å²) < 4.78 is 10.3. The van der Waals surface area contributed by atoms with Crippen molar-refractivity contribution in [2.45, 2.75) is 12.8 Å². The van der Waals surface area contributed by atoms with Gasteiger partial charge in [0.05, 0.1) is 0 Å². The van der Waals surface area contributed by atoms with Crippen LogP contribution in [-0.2, 0) is 14.3 Å². The predicted octanol–water partition coefficient (Wildman–Crippen LogP) is 2.46. The fourth-order valence-corrected chi connectivity index (χ4v) is 2.84. The molecular weight excluding hydrogens is 346 g/mol. The van der Waals surface area contributed by atoms with Crippen LogP contribution in [0.15, 0.2) is 54.6 Å². The Morgan fingerprint density at radius 3 is 2.11 bits per heavy atom. The van der Waals surface area contributed by atoms with Crippen LogP contribution < -0.4 is 4.74 Å². The molecule has 6 nitrogen and oxygen atoms in total. The number of hydrogen-bond donors (Lipinski definition) is 0. The molecule has 6 heteroatoms. The number of esters is 1. The molecular formula is C21H21NO5. The highest BCUT2D eigenvalue weighted by atomic mass is 16.6. The molecule has 0 N–H and O–H groups in total. The molecule has 1 fully saturated rings. The van der Waals surface area contributed by atoms with Crippen LogP contribution in [0.25, 0.3) is 0 Å². The Balaban J connectivity index is 1.45. The second-order valence-corrected chi connectivity index (χ2v) is 6.26. The van der Waals surface area contributed by atoms with E-state index in [1.165, 1.54) is 0 Å². The molecule has 0 saturated carbocycles. The molecule has 1 aliphatic heterocycles. The van der Waals surface area contributed by atoms with Gasteiger partial charge in [-0.2, -0.15) is 0 Å². The number of carbonyl (C=O) groups is 3.